The molecule has 1 rings (SSSR count). The van der Waals surface area contributed by atoms with Crippen LogP contribution in [0.15, 0.2) is 18.2 Å². The summed E-state index contributed by atoms with van der Waals surface area (Å²) in [6, 6.07) is 5.04. The topological polar surface area (TPSA) is 64.7 Å². The minimum absolute atomic E-state index is 0.319. The molecule has 0 unspecified atom stereocenters. The minimum atomic E-state index is -1.54. The molecule has 0 saturated heterocycles. The lowest BCUT2D eigenvalue weighted by Crippen LogP contribution is -2.11. The molecule has 0 aliphatic heterocycles. The third-order valence-electron chi connectivity index (χ3n) is 1.67. The molecule has 15 heavy (non-hydrogen) atoms. The number of carbonyl (C=O) groups is 1. The summed E-state index contributed by atoms with van der Waals surface area (Å²) in [6.07, 6.45) is 0. The van der Waals surface area contributed by atoms with Crippen molar-refractivity contribution in [3.63, 3.8) is 0 Å². The van der Waals surface area contributed by atoms with Crippen LogP contribution in [0, 0.1) is 40.2 Å². The van der Waals surface area contributed by atoms with Gasteiger partial charge in [-0.25, -0.2) is 8.78 Å². The maximum atomic E-state index is 12.7. The fraction of sp³-hybridized carbons (Fsp3) is 0.100. The second-order valence-electron chi connectivity index (χ2n) is 2.71. The number of carbonyl (C=O) groups excluding carboxylic acids is 1. The molecule has 0 spiro atoms. The molecule has 0 bridgehead atoms. The molecule has 0 heterocycles. The molecule has 0 aliphatic rings. The van der Waals surface area contributed by atoms with Gasteiger partial charge in [-0.05, 0) is 12.1 Å². The summed E-state index contributed by atoms with van der Waals surface area (Å²) < 4.78 is 25.4. The van der Waals surface area contributed by atoms with Crippen LogP contribution in [0.3, 0.4) is 0 Å². The third-order valence-corrected chi connectivity index (χ3v) is 1.67. The first-order valence-corrected chi connectivity index (χ1v) is 3.88. The van der Waals surface area contributed by atoms with Gasteiger partial charge in [0.2, 0.25) is 0 Å². The van der Waals surface area contributed by atoms with Gasteiger partial charge in [-0.1, -0.05) is 0 Å². The van der Waals surface area contributed by atoms with Crippen LogP contribution < -0.4 is 0 Å². The van der Waals surface area contributed by atoms with Gasteiger partial charge >= 0.3 is 0 Å². The number of benzene rings is 1. The van der Waals surface area contributed by atoms with E-state index in [0.717, 1.165) is 12.1 Å². The highest BCUT2D eigenvalue weighted by Crippen LogP contribution is 2.12. The molecule has 0 atom stereocenters. The Labute approximate surface area is 84.2 Å². The van der Waals surface area contributed by atoms with Crippen molar-refractivity contribution < 1.29 is 13.6 Å². The maximum Gasteiger partial charge on any atom is 0.195 e. The fourth-order valence-corrected chi connectivity index (χ4v) is 1.01. The fourth-order valence-electron chi connectivity index (χ4n) is 1.01. The van der Waals surface area contributed by atoms with Crippen molar-refractivity contribution in [3.05, 3.63) is 35.4 Å². The van der Waals surface area contributed by atoms with Crippen LogP contribution >= 0.6 is 0 Å². The monoisotopic (exact) mass is 206 g/mol. The summed E-state index contributed by atoms with van der Waals surface area (Å²) in [4.78, 5) is 11.3. The van der Waals surface area contributed by atoms with E-state index in [1.807, 2.05) is 0 Å². The first-order chi connectivity index (χ1) is 7.08. The van der Waals surface area contributed by atoms with E-state index in [1.165, 1.54) is 12.1 Å². The van der Waals surface area contributed by atoms with Crippen molar-refractivity contribution in [3.8, 4) is 12.1 Å². The van der Waals surface area contributed by atoms with E-state index in [2.05, 4.69) is 0 Å². The molecule has 0 radical (unpaired) electrons. The molecule has 0 N–H and O–H groups in total. The lowest BCUT2D eigenvalue weighted by atomic mass is 10.0. The van der Waals surface area contributed by atoms with Crippen molar-refractivity contribution in [2.24, 2.45) is 5.92 Å². The number of Topliss-reactive ketones (excluding diaryl/α,β-unsaturated/α-hetero) is 1. The van der Waals surface area contributed by atoms with Crippen LogP contribution in [0.2, 0.25) is 0 Å². The zero-order valence-electron chi connectivity index (χ0n) is 7.37. The minimum Gasteiger partial charge on any atom is -0.291 e. The summed E-state index contributed by atoms with van der Waals surface area (Å²) in [5, 5.41) is 16.8. The Morgan fingerprint density at radius 1 is 1.13 bits per heavy atom. The molecule has 74 valence electrons. The number of halogens is 2. The van der Waals surface area contributed by atoms with E-state index in [4.69, 9.17) is 10.5 Å². The second kappa shape index (κ2) is 4.30. The molecule has 5 heteroatoms. The third kappa shape index (κ3) is 2.35. The van der Waals surface area contributed by atoms with E-state index < -0.39 is 23.3 Å². The summed E-state index contributed by atoms with van der Waals surface area (Å²) in [5.41, 5.74) is -0.319. The van der Waals surface area contributed by atoms with Gasteiger partial charge in [0.15, 0.2) is 11.7 Å². The van der Waals surface area contributed by atoms with Crippen LogP contribution in [0.4, 0.5) is 8.78 Å². The molecule has 0 fully saturated rings. The Balaban J connectivity index is 3.14. The Morgan fingerprint density at radius 3 is 2.00 bits per heavy atom. The van der Waals surface area contributed by atoms with Crippen molar-refractivity contribution in [2.75, 3.05) is 0 Å². The highest BCUT2D eigenvalue weighted by Gasteiger charge is 2.20. The standard InChI is InChI=1S/C10H4F2N2O/c11-8-1-6(2-9(12)3-8)10(15)7(4-13)5-14/h1-3,7H. The largest absolute Gasteiger partial charge is 0.291 e. The molecule has 0 amide bonds. The van der Waals surface area contributed by atoms with Crippen LogP contribution in [0.25, 0.3) is 0 Å². The number of hydrogen-bond acceptors (Lipinski definition) is 3. The van der Waals surface area contributed by atoms with Gasteiger partial charge in [-0.3, -0.25) is 4.79 Å². The van der Waals surface area contributed by atoms with E-state index in [0.29, 0.717) is 6.07 Å². The average Bonchev–Trinajstić information content (AvgIpc) is 2.18. The van der Waals surface area contributed by atoms with Crippen LogP contribution in [-0.2, 0) is 0 Å². The highest BCUT2D eigenvalue weighted by molar-refractivity contribution is 6.00. The summed E-state index contributed by atoms with van der Waals surface area (Å²) >= 11 is 0. The quantitative estimate of drug-likeness (QED) is 0.693. The van der Waals surface area contributed by atoms with Gasteiger partial charge in [0.05, 0.1) is 12.1 Å². The van der Waals surface area contributed by atoms with E-state index in [-0.39, 0.29) is 5.56 Å². The predicted molar refractivity (Wildman–Crippen MR) is 45.4 cm³/mol. The predicted octanol–water partition coefficient (Wildman–Crippen LogP) is 1.81. The Bertz CT molecular complexity index is 451. The van der Waals surface area contributed by atoms with Crippen LogP contribution in [0.5, 0.6) is 0 Å². The zero-order valence-corrected chi connectivity index (χ0v) is 7.37. The number of ketones is 1. The van der Waals surface area contributed by atoms with E-state index in [9.17, 15) is 13.6 Å². The van der Waals surface area contributed by atoms with Gasteiger partial charge in [-0.15, -0.1) is 0 Å². The number of hydrogen-bond donors (Lipinski definition) is 0. The smallest absolute Gasteiger partial charge is 0.195 e. The van der Waals surface area contributed by atoms with Crippen molar-refractivity contribution >= 4 is 5.78 Å². The first kappa shape index (κ1) is 10.8. The highest BCUT2D eigenvalue weighted by atomic mass is 19.1. The first-order valence-electron chi connectivity index (χ1n) is 3.88. The SMILES string of the molecule is N#CC(C#N)C(=O)c1cc(F)cc(F)c1. The Morgan fingerprint density at radius 2 is 1.60 bits per heavy atom. The summed E-state index contributed by atoms with van der Waals surface area (Å²) in [6.45, 7) is 0. The molecular formula is C10H4F2N2O. The second-order valence-corrected chi connectivity index (χ2v) is 2.71. The number of nitriles is 2. The van der Waals surface area contributed by atoms with Gasteiger partial charge < -0.3 is 0 Å². The van der Waals surface area contributed by atoms with Crippen LogP contribution in [0.1, 0.15) is 10.4 Å². The van der Waals surface area contributed by atoms with Crippen LogP contribution in [-0.4, -0.2) is 5.78 Å². The Hall–Kier alpha value is -2.27. The van der Waals surface area contributed by atoms with Gasteiger partial charge in [0.25, 0.3) is 0 Å². The number of rotatable bonds is 2. The molecule has 3 nitrogen and oxygen atoms in total. The van der Waals surface area contributed by atoms with Gasteiger partial charge in [-0.2, -0.15) is 10.5 Å². The van der Waals surface area contributed by atoms with Crippen molar-refractivity contribution in [2.45, 2.75) is 0 Å². The lowest BCUT2D eigenvalue weighted by molar-refractivity contribution is 0.0970. The molecular weight excluding hydrogens is 202 g/mol. The van der Waals surface area contributed by atoms with Gasteiger partial charge in [0.1, 0.15) is 11.6 Å². The summed E-state index contributed by atoms with van der Waals surface area (Å²) in [5.74, 6) is -4.29. The molecule has 0 aliphatic carbocycles. The molecule has 1 aromatic carbocycles. The molecule has 1 aromatic rings. The van der Waals surface area contributed by atoms with Gasteiger partial charge in [0, 0.05) is 11.6 Å². The molecule has 0 saturated carbocycles. The zero-order chi connectivity index (χ0) is 11.4. The van der Waals surface area contributed by atoms with Crippen molar-refractivity contribution in [1.82, 2.24) is 0 Å². The Kier molecular flexibility index (Phi) is 3.10. The van der Waals surface area contributed by atoms with E-state index in [1.54, 1.807) is 0 Å². The normalized spacial score (nSPS) is 9.40. The van der Waals surface area contributed by atoms with E-state index >= 15 is 0 Å². The molecule has 0 aromatic heterocycles. The lowest BCUT2D eigenvalue weighted by Gasteiger charge is -2.00. The average molecular weight is 206 g/mol. The number of nitrogens with zero attached hydrogens (tertiary/aromatic N) is 2. The van der Waals surface area contributed by atoms with Crippen molar-refractivity contribution in [1.29, 1.82) is 10.5 Å². The maximum absolute atomic E-state index is 12.7. The summed E-state index contributed by atoms with van der Waals surface area (Å²) in [7, 11) is 0.